The van der Waals surface area contributed by atoms with E-state index in [1.807, 2.05) is 24.3 Å². The number of hydrogen-bond acceptors (Lipinski definition) is 3. The number of methoxy groups -OCH3 is 1. The zero-order valence-corrected chi connectivity index (χ0v) is 12.0. The molecule has 98 valence electrons. The molecular weight excluding hydrogens is 308 g/mol. The molecule has 0 saturated heterocycles. The lowest BCUT2D eigenvalue weighted by Gasteiger charge is -2.06. The number of nitrogens with one attached hydrogen (secondary N) is 1. The lowest BCUT2D eigenvalue weighted by atomic mass is 10.2. The maximum absolute atomic E-state index is 11.9. The minimum absolute atomic E-state index is 0.230. The highest BCUT2D eigenvalue weighted by molar-refractivity contribution is 9.10. The number of pyridine rings is 1. The van der Waals surface area contributed by atoms with E-state index in [-0.39, 0.29) is 5.91 Å². The lowest BCUT2D eigenvalue weighted by Crippen LogP contribution is -2.13. The summed E-state index contributed by atoms with van der Waals surface area (Å²) >= 11 is 3.28. The third-order valence-electron chi connectivity index (χ3n) is 2.48. The van der Waals surface area contributed by atoms with Crippen molar-refractivity contribution in [3.63, 3.8) is 0 Å². The molecule has 0 atom stereocenters. The molecule has 1 aromatic carbocycles. The zero-order valence-electron chi connectivity index (χ0n) is 10.4. The van der Waals surface area contributed by atoms with Gasteiger partial charge in [0, 0.05) is 23.5 Å². The minimum Gasteiger partial charge on any atom is -0.380 e. The summed E-state index contributed by atoms with van der Waals surface area (Å²) in [5.74, 6) is -0.230. The van der Waals surface area contributed by atoms with E-state index in [4.69, 9.17) is 4.74 Å². The molecule has 0 bridgehead atoms. The van der Waals surface area contributed by atoms with E-state index in [0.29, 0.717) is 12.3 Å². The van der Waals surface area contributed by atoms with Crippen LogP contribution in [0.5, 0.6) is 0 Å². The summed E-state index contributed by atoms with van der Waals surface area (Å²) < 4.78 is 5.87. The van der Waals surface area contributed by atoms with Crippen LogP contribution in [0.1, 0.15) is 16.1 Å². The van der Waals surface area contributed by atoms with Gasteiger partial charge in [0.15, 0.2) is 0 Å². The first kappa shape index (κ1) is 13.7. The van der Waals surface area contributed by atoms with Gasteiger partial charge in [-0.05, 0) is 45.8 Å². The molecule has 1 amide bonds. The molecule has 1 heterocycles. The van der Waals surface area contributed by atoms with Gasteiger partial charge in [-0.1, -0.05) is 12.1 Å². The van der Waals surface area contributed by atoms with E-state index in [9.17, 15) is 4.79 Å². The lowest BCUT2D eigenvalue weighted by molar-refractivity contribution is 0.102. The Morgan fingerprint density at radius 3 is 2.58 bits per heavy atom. The van der Waals surface area contributed by atoms with Crippen LogP contribution in [-0.4, -0.2) is 18.0 Å². The van der Waals surface area contributed by atoms with Gasteiger partial charge < -0.3 is 10.1 Å². The summed E-state index contributed by atoms with van der Waals surface area (Å²) in [4.78, 5) is 16.0. The summed E-state index contributed by atoms with van der Waals surface area (Å²) in [6, 6.07) is 10.9. The van der Waals surface area contributed by atoms with E-state index in [0.717, 1.165) is 15.7 Å². The quantitative estimate of drug-likeness (QED) is 0.940. The first-order chi connectivity index (χ1) is 9.19. The van der Waals surface area contributed by atoms with Gasteiger partial charge in [0.25, 0.3) is 5.91 Å². The summed E-state index contributed by atoms with van der Waals surface area (Å²) in [6.07, 6.45) is 1.59. The maximum Gasteiger partial charge on any atom is 0.274 e. The SMILES string of the molecule is COCc1ccc(NC(=O)c2ccc(Br)cn2)cc1. The van der Waals surface area contributed by atoms with Gasteiger partial charge in [0.05, 0.1) is 6.61 Å². The number of rotatable bonds is 4. The average molecular weight is 321 g/mol. The molecule has 4 nitrogen and oxygen atoms in total. The van der Waals surface area contributed by atoms with Crippen LogP contribution in [-0.2, 0) is 11.3 Å². The largest absolute Gasteiger partial charge is 0.380 e. The van der Waals surface area contributed by atoms with E-state index >= 15 is 0 Å². The highest BCUT2D eigenvalue weighted by Crippen LogP contribution is 2.12. The molecular formula is C14H13BrN2O2. The molecule has 0 saturated carbocycles. The van der Waals surface area contributed by atoms with Gasteiger partial charge in [0.2, 0.25) is 0 Å². The number of aromatic nitrogens is 1. The molecule has 2 rings (SSSR count). The Morgan fingerprint density at radius 2 is 2.00 bits per heavy atom. The summed E-state index contributed by atoms with van der Waals surface area (Å²) in [6.45, 7) is 0.558. The molecule has 0 aliphatic carbocycles. The second-order valence-electron chi connectivity index (χ2n) is 3.95. The van der Waals surface area contributed by atoms with Crippen molar-refractivity contribution in [2.75, 3.05) is 12.4 Å². The van der Waals surface area contributed by atoms with Gasteiger partial charge in [-0.3, -0.25) is 4.79 Å². The van der Waals surface area contributed by atoms with E-state index < -0.39 is 0 Å². The molecule has 0 spiro atoms. The third-order valence-corrected chi connectivity index (χ3v) is 2.95. The third kappa shape index (κ3) is 3.87. The van der Waals surface area contributed by atoms with Crippen LogP contribution >= 0.6 is 15.9 Å². The smallest absolute Gasteiger partial charge is 0.274 e. The topological polar surface area (TPSA) is 51.2 Å². The second-order valence-corrected chi connectivity index (χ2v) is 4.86. The van der Waals surface area contributed by atoms with Crippen molar-refractivity contribution in [2.45, 2.75) is 6.61 Å². The van der Waals surface area contributed by atoms with Crippen LogP contribution in [0.3, 0.4) is 0 Å². The highest BCUT2D eigenvalue weighted by Gasteiger charge is 2.07. The molecule has 5 heteroatoms. The minimum atomic E-state index is -0.230. The van der Waals surface area contributed by atoms with Gasteiger partial charge in [-0.25, -0.2) is 4.98 Å². The van der Waals surface area contributed by atoms with Crippen molar-refractivity contribution in [3.05, 3.63) is 58.3 Å². The number of benzene rings is 1. The van der Waals surface area contributed by atoms with E-state index in [1.54, 1.807) is 25.4 Å². The molecule has 1 N–H and O–H groups in total. The Bertz CT molecular complexity index is 553. The van der Waals surface area contributed by atoms with Crippen molar-refractivity contribution < 1.29 is 9.53 Å². The van der Waals surface area contributed by atoms with Crippen molar-refractivity contribution in [2.24, 2.45) is 0 Å². The van der Waals surface area contributed by atoms with Crippen molar-refractivity contribution >= 4 is 27.5 Å². The second kappa shape index (κ2) is 6.45. The molecule has 0 unspecified atom stereocenters. The van der Waals surface area contributed by atoms with Crippen molar-refractivity contribution in [3.8, 4) is 0 Å². The van der Waals surface area contributed by atoms with Crippen molar-refractivity contribution in [1.82, 2.24) is 4.98 Å². The van der Waals surface area contributed by atoms with E-state index in [2.05, 4.69) is 26.2 Å². The van der Waals surface area contributed by atoms with Gasteiger partial charge >= 0.3 is 0 Å². The Balaban J connectivity index is 2.04. The number of halogens is 1. The van der Waals surface area contributed by atoms with Gasteiger partial charge in [-0.15, -0.1) is 0 Å². The van der Waals surface area contributed by atoms with Crippen LogP contribution in [0.15, 0.2) is 47.1 Å². The molecule has 0 aliphatic rings. The Kier molecular flexibility index (Phi) is 4.65. The number of hydrogen-bond donors (Lipinski definition) is 1. The predicted molar refractivity (Wildman–Crippen MR) is 77.0 cm³/mol. The number of amides is 1. The number of anilines is 1. The van der Waals surface area contributed by atoms with Crippen LogP contribution in [0.25, 0.3) is 0 Å². The highest BCUT2D eigenvalue weighted by atomic mass is 79.9. The summed E-state index contributed by atoms with van der Waals surface area (Å²) in [5.41, 5.74) is 2.17. The maximum atomic E-state index is 11.9. The zero-order chi connectivity index (χ0) is 13.7. The molecule has 0 fully saturated rings. The summed E-state index contributed by atoms with van der Waals surface area (Å²) in [7, 11) is 1.65. The monoisotopic (exact) mass is 320 g/mol. The fourth-order valence-corrected chi connectivity index (χ4v) is 1.79. The Hall–Kier alpha value is -1.72. The van der Waals surface area contributed by atoms with Crippen molar-refractivity contribution in [1.29, 1.82) is 0 Å². The Labute approximate surface area is 119 Å². The Morgan fingerprint density at radius 1 is 1.26 bits per heavy atom. The van der Waals surface area contributed by atoms with Gasteiger partial charge in [0.1, 0.15) is 5.69 Å². The van der Waals surface area contributed by atoms with Crippen LogP contribution in [0, 0.1) is 0 Å². The summed E-state index contributed by atoms with van der Waals surface area (Å²) in [5, 5.41) is 2.79. The molecule has 2 aromatic rings. The van der Waals surface area contributed by atoms with Gasteiger partial charge in [-0.2, -0.15) is 0 Å². The van der Waals surface area contributed by atoms with E-state index in [1.165, 1.54) is 0 Å². The molecule has 1 aromatic heterocycles. The molecule has 0 aliphatic heterocycles. The first-order valence-corrected chi connectivity index (χ1v) is 6.49. The van der Waals surface area contributed by atoms with Crippen LogP contribution in [0.4, 0.5) is 5.69 Å². The fourth-order valence-electron chi connectivity index (χ4n) is 1.56. The number of carbonyl (C=O) groups excluding carboxylic acids is 1. The number of nitrogens with zero attached hydrogens (tertiary/aromatic N) is 1. The normalized spacial score (nSPS) is 10.2. The molecule has 19 heavy (non-hydrogen) atoms. The van der Waals surface area contributed by atoms with Crippen LogP contribution in [0.2, 0.25) is 0 Å². The fraction of sp³-hybridized carbons (Fsp3) is 0.143. The molecule has 0 radical (unpaired) electrons. The number of ether oxygens (including phenoxy) is 1. The standard InChI is InChI=1S/C14H13BrN2O2/c1-19-9-10-2-5-12(6-3-10)17-14(18)13-7-4-11(15)8-16-13/h2-8H,9H2,1H3,(H,17,18). The average Bonchev–Trinajstić information content (AvgIpc) is 2.42. The predicted octanol–water partition coefficient (Wildman–Crippen LogP) is 3.24. The number of carbonyl (C=O) groups is 1. The van der Waals surface area contributed by atoms with Crippen LogP contribution < -0.4 is 5.32 Å². The first-order valence-electron chi connectivity index (χ1n) is 5.70.